The smallest absolute Gasteiger partial charge is 0.323 e. The average molecular weight is 448 g/mol. The van der Waals surface area contributed by atoms with Crippen LogP contribution in [0.2, 0.25) is 0 Å². The van der Waals surface area contributed by atoms with Crippen molar-refractivity contribution >= 4 is 11.9 Å². The van der Waals surface area contributed by atoms with Crippen LogP contribution in [0.5, 0.6) is 5.75 Å². The normalized spacial score (nSPS) is 16.7. The number of hydrogen-bond acceptors (Lipinski definition) is 3. The zero-order valence-corrected chi connectivity index (χ0v) is 18.5. The number of nitrogens with zero attached hydrogens (tertiary/aromatic N) is 1. The van der Waals surface area contributed by atoms with Crippen molar-refractivity contribution in [2.24, 2.45) is 0 Å². The van der Waals surface area contributed by atoms with Gasteiger partial charge in [-0.1, -0.05) is 42.5 Å². The van der Waals surface area contributed by atoms with E-state index in [0.717, 1.165) is 23.3 Å². The molecule has 1 aliphatic heterocycles. The molecule has 3 aromatic rings. The maximum absolute atomic E-state index is 13.2. The number of halogens is 1. The van der Waals surface area contributed by atoms with Gasteiger partial charge in [0, 0.05) is 24.9 Å². The zero-order valence-electron chi connectivity index (χ0n) is 18.5. The summed E-state index contributed by atoms with van der Waals surface area (Å²) < 4.78 is 19.4. The van der Waals surface area contributed by atoms with Gasteiger partial charge in [0.1, 0.15) is 23.7 Å². The second kappa shape index (κ2) is 9.45. The molecule has 6 heteroatoms. The first kappa shape index (κ1) is 22.5. The Morgan fingerprint density at radius 3 is 2.45 bits per heavy atom. The van der Waals surface area contributed by atoms with E-state index >= 15 is 0 Å². The van der Waals surface area contributed by atoms with Crippen molar-refractivity contribution in [1.29, 1.82) is 0 Å². The number of carbonyl (C=O) groups is 2. The zero-order chi connectivity index (χ0) is 23.4. The Balaban J connectivity index is 1.48. The second-order valence-electron chi connectivity index (χ2n) is 8.71. The third-order valence-electron chi connectivity index (χ3n) is 5.85. The molecular formula is C27H26FNO4. The van der Waals surface area contributed by atoms with Crippen molar-refractivity contribution < 1.29 is 23.8 Å². The van der Waals surface area contributed by atoms with E-state index in [0.29, 0.717) is 18.4 Å². The molecule has 5 nitrogen and oxygen atoms in total. The van der Waals surface area contributed by atoms with Crippen LogP contribution < -0.4 is 4.74 Å². The van der Waals surface area contributed by atoms with Crippen LogP contribution in [0.15, 0.2) is 72.8 Å². The molecule has 0 aromatic heterocycles. The lowest BCUT2D eigenvalue weighted by atomic mass is 9.91. The molecule has 33 heavy (non-hydrogen) atoms. The summed E-state index contributed by atoms with van der Waals surface area (Å²) in [5.74, 6) is -1.01. The summed E-state index contributed by atoms with van der Waals surface area (Å²) in [6.07, 6.45) is 1.84. The van der Waals surface area contributed by atoms with Crippen LogP contribution in [0, 0.1) is 5.82 Å². The van der Waals surface area contributed by atoms with Crippen LogP contribution in [0.3, 0.4) is 0 Å². The Labute approximate surface area is 192 Å². The summed E-state index contributed by atoms with van der Waals surface area (Å²) in [6.45, 7) is 1.87. The molecule has 0 saturated heterocycles. The predicted octanol–water partition coefficient (Wildman–Crippen LogP) is 4.53. The fraction of sp³-hybridized carbons (Fsp3) is 0.259. The van der Waals surface area contributed by atoms with Gasteiger partial charge in [0.05, 0.1) is 0 Å². The summed E-state index contributed by atoms with van der Waals surface area (Å²) in [5.41, 5.74) is 2.97. The molecule has 170 valence electrons. The number of fused-ring (bicyclic) bond motifs is 1. The van der Waals surface area contributed by atoms with Crippen LogP contribution in [0.25, 0.3) is 0 Å². The minimum atomic E-state index is -1.08. The first-order chi connectivity index (χ1) is 15.8. The number of aliphatic carboxylic acids is 1. The lowest BCUT2D eigenvalue weighted by Crippen LogP contribution is -2.37. The van der Waals surface area contributed by atoms with Crippen molar-refractivity contribution in [2.45, 2.75) is 31.8 Å². The molecule has 0 saturated carbocycles. The Bertz CT molecular complexity index is 1150. The van der Waals surface area contributed by atoms with Gasteiger partial charge < -0.3 is 14.7 Å². The van der Waals surface area contributed by atoms with Gasteiger partial charge in [-0.3, -0.25) is 9.59 Å². The molecule has 1 aliphatic rings. The molecule has 0 radical (unpaired) electrons. The van der Waals surface area contributed by atoms with Gasteiger partial charge in [0.25, 0.3) is 5.91 Å². The van der Waals surface area contributed by atoms with E-state index in [4.69, 9.17) is 4.74 Å². The summed E-state index contributed by atoms with van der Waals surface area (Å²) in [6, 6.07) is 21.4. The van der Waals surface area contributed by atoms with Crippen LogP contribution in [-0.4, -0.2) is 40.6 Å². The molecule has 0 fully saturated rings. The molecule has 0 bridgehead atoms. The molecule has 1 N–H and O–H groups in total. The molecule has 1 amide bonds. The number of carboxylic acids is 1. The minimum absolute atomic E-state index is 0.218. The molecule has 1 atom stereocenters. The number of amides is 1. The summed E-state index contributed by atoms with van der Waals surface area (Å²) in [5, 5.41) is 9.31. The maximum Gasteiger partial charge on any atom is 0.323 e. The minimum Gasteiger partial charge on any atom is -0.487 e. The highest BCUT2D eigenvalue weighted by Crippen LogP contribution is 2.37. The molecule has 1 heterocycles. The Hall–Kier alpha value is -3.67. The summed E-state index contributed by atoms with van der Waals surface area (Å²) >= 11 is 0. The van der Waals surface area contributed by atoms with Gasteiger partial charge >= 0.3 is 5.97 Å². The molecule has 0 spiro atoms. The van der Waals surface area contributed by atoms with Gasteiger partial charge in [0.2, 0.25) is 0 Å². The number of carbonyl (C=O) groups excluding carboxylic acids is 1. The maximum atomic E-state index is 13.2. The van der Waals surface area contributed by atoms with Crippen LogP contribution in [0.1, 0.15) is 34.0 Å². The molecular weight excluding hydrogens is 421 g/mol. The highest BCUT2D eigenvalue weighted by atomic mass is 19.1. The number of rotatable bonds is 8. The quantitative estimate of drug-likeness (QED) is 0.551. The number of hydrogen-bond donors (Lipinski definition) is 1. The van der Waals surface area contributed by atoms with Crippen LogP contribution in [-0.2, 0) is 24.1 Å². The Kier molecular flexibility index (Phi) is 6.45. The van der Waals surface area contributed by atoms with Crippen molar-refractivity contribution in [2.75, 3.05) is 13.1 Å². The largest absolute Gasteiger partial charge is 0.487 e. The van der Waals surface area contributed by atoms with E-state index in [9.17, 15) is 19.1 Å². The number of carboxylic acid groups (broad SMARTS) is 1. The van der Waals surface area contributed by atoms with Gasteiger partial charge in [0.15, 0.2) is 0 Å². The van der Waals surface area contributed by atoms with E-state index < -0.39 is 18.1 Å². The number of ether oxygens (including phenoxy) is 1. The highest BCUT2D eigenvalue weighted by Gasteiger charge is 2.35. The summed E-state index contributed by atoms with van der Waals surface area (Å²) in [4.78, 5) is 25.9. The molecule has 3 aromatic carbocycles. The van der Waals surface area contributed by atoms with E-state index in [1.54, 1.807) is 30.3 Å². The molecule has 0 aliphatic carbocycles. The van der Waals surface area contributed by atoms with Crippen LogP contribution in [0.4, 0.5) is 4.39 Å². The summed E-state index contributed by atoms with van der Waals surface area (Å²) in [7, 11) is 0. The Morgan fingerprint density at radius 2 is 1.76 bits per heavy atom. The first-order valence-corrected chi connectivity index (χ1v) is 10.9. The highest BCUT2D eigenvalue weighted by molar-refractivity contribution is 5.96. The van der Waals surface area contributed by atoms with Gasteiger partial charge in [-0.15, -0.1) is 0 Å². The van der Waals surface area contributed by atoms with E-state index in [2.05, 4.69) is 19.1 Å². The van der Waals surface area contributed by atoms with Crippen molar-refractivity contribution in [3.8, 4) is 5.75 Å². The van der Waals surface area contributed by atoms with Crippen LogP contribution >= 0.6 is 0 Å². The van der Waals surface area contributed by atoms with E-state index in [1.807, 2.05) is 18.2 Å². The fourth-order valence-electron chi connectivity index (χ4n) is 4.29. The van der Waals surface area contributed by atoms with Crippen molar-refractivity contribution in [3.05, 3.63) is 101 Å². The first-order valence-electron chi connectivity index (χ1n) is 10.9. The van der Waals surface area contributed by atoms with Gasteiger partial charge in [-0.25, -0.2) is 4.39 Å². The third kappa shape index (κ3) is 5.58. The SMILES string of the molecule is C[C@@]1(Cc2ccccc2)Cc2cc(C(=O)N(CCc3ccc(F)cc3)CC(=O)O)ccc2O1. The van der Waals surface area contributed by atoms with Gasteiger partial charge in [-0.05, 0) is 60.4 Å². The fourth-order valence-corrected chi connectivity index (χ4v) is 4.29. The predicted molar refractivity (Wildman–Crippen MR) is 123 cm³/mol. The number of benzene rings is 3. The second-order valence-corrected chi connectivity index (χ2v) is 8.71. The van der Waals surface area contributed by atoms with E-state index in [1.165, 1.54) is 22.6 Å². The third-order valence-corrected chi connectivity index (χ3v) is 5.85. The van der Waals surface area contributed by atoms with Crippen molar-refractivity contribution in [3.63, 3.8) is 0 Å². The van der Waals surface area contributed by atoms with E-state index in [-0.39, 0.29) is 18.3 Å². The Morgan fingerprint density at radius 1 is 1.03 bits per heavy atom. The van der Waals surface area contributed by atoms with Gasteiger partial charge in [-0.2, -0.15) is 0 Å². The topological polar surface area (TPSA) is 66.8 Å². The lowest BCUT2D eigenvalue weighted by Gasteiger charge is -2.24. The average Bonchev–Trinajstić information content (AvgIpc) is 3.12. The van der Waals surface area contributed by atoms with Crippen molar-refractivity contribution in [1.82, 2.24) is 4.90 Å². The standard InChI is InChI=1S/C27H26FNO4/c1-27(16-20-5-3-2-4-6-20)17-22-15-21(9-12-24(22)33-27)26(32)29(18-25(30)31)14-13-19-7-10-23(28)11-8-19/h2-12,15H,13-14,16-18H2,1H3,(H,30,31)/t27-/m1/s1. The molecule has 0 unspecified atom stereocenters. The molecule has 4 rings (SSSR count). The lowest BCUT2D eigenvalue weighted by molar-refractivity contribution is -0.137. The monoisotopic (exact) mass is 447 g/mol.